The summed E-state index contributed by atoms with van der Waals surface area (Å²) >= 11 is 6.29. The summed E-state index contributed by atoms with van der Waals surface area (Å²) in [5.74, 6) is 0.776. The van der Waals surface area contributed by atoms with Crippen LogP contribution in [0.25, 0.3) is 10.9 Å². The molecule has 0 spiro atoms. The zero-order valence-corrected chi connectivity index (χ0v) is 21.3. The van der Waals surface area contributed by atoms with Crippen molar-refractivity contribution in [3.05, 3.63) is 84.4 Å². The molecule has 5 rings (SSSR count). The van der Waals surface area contributed by atoms with Crippen LogP contribution in [0.2, 0.25) is 5.02 Å². The van der Waals surface area contributed by atoms with E-state index < -0.39 is 0 Å². The number of aromatic nitrogens is 2. The molecule has 1 amide bonds. The topological polar surface area (TPSA) is 85.4 Å². The quantitative estimate of drug-likeness (QED) is 0.275. The van der Waals surface area contributed by atoms with Crippen molar-refractivity contribution in [1.82, 2.24) is 14.9 Å². The largest absolute Gasteiger partial charge is 0.369 e. The summed E-state index contributed by atoms with van der Waals surface area (Å²) in [6.45, 7) is 7.67. The monoisotopic (exact) mass is 513 g/mol. The van der Waals surface area contributed by atoms with Crippen molar-refractivity contribution < 1.29 is 4.79 Å². The molecule has 1 saturated heterocycles. The molecule has 0 bridgehead atoms. The summed E-state index contributed by atoms with van der Waals surface area (Å²) in [6.07, 6.45) is 1.23. The van der Waals surface area contributed by atoms with E-state index in [4.69, 9.17) is 21.6 Å². The molecule has 188 valence electrons. The van der Waals surface area contributed by atoms with Gasteiger partial charge in [0, 0.05) is 59.3 Å². The Morgan fingerprint density at radius 3 is 2.43 bits per heavy atom. The molecule has 2 heterocycles. The maximum atomic E-state index is 11.7. The van der Waals surface area contributed by atoms with E-state index in [0.29, 0.717) is 22.5 Å². The molecule has 0 aliphatic carbocycles. The maximum Gasteiger partial charge on any atom is 0.247 e. The van der Waals surface area contributed by atoms with Crippen LogP contribution in [0.5, 0.6) is 0 Å². The van der Waals surface area contributed by atoms with Crippen LogP contribution in [0.4, 0.5) is 34.5 Å². The van der Waals surface area contributed by atoms with Crippen LogP contribution < -0.4 is 20.9 Å². The Balaban J connectivity index is 1.40. The Bertz CT molecular complexity index is 1430. The van der Waals surface area contributed by atoms with E-state index in [0.717, 1.165) is 48.5 Å². The first-order valence-electron chi connectivity index (χ1n) is 12.1. The third-order valence-electron chi connectivity index (χ3n) is 6.23. The molecule has 0 saturated carbocycles. The van der Waals surface area contributed by atoms with Gasteiger partial charge in [-0.15, -0.1) is 0 Å². The van der Waals surface area contributed by atoms with E-state index in [-0.39, 0.29) is 5.91 Å². The van der Waals surface area contributed by atoms with Crippen LogP contribution in [0.15, 0.2) is 79.4 Å². The van der Waals surface area contributed by atoms with Gasteiger partial charge >= 0.3 is 0 Å². The molecule has 0 atom stereocenters. The molecule has 3 aromatic carbocycles. The molecule has 8 nitrogen and oxygen atoms in total. The lowest BCUT2D eigenvalue weighted by molar-refractivity contribution is -0.111. The first kappa shape index (κ1) is 24.5. The summed E-state index contributed by atoms with van der Waals surface area (Å²) in [4.78, 5) is 25.9. The molecule has 3 N–H and O–H groups in total. The maximum absolute atomic E-state index is 11.7. The Kier molecular flexibility index (Phi) is 7.20. The molecule has 1 aliphatic heterocycles. The molecule has 0 radical (unpaired) electrons. The second kappa shape index (κ2) is 10.9. The fraction of sp³-hybridized carbons (Fsp3) is 0.179. The average Bonchev–Trinajstić information content (AvgIpc) is 2.90. The smallest absolute Gasteiger partial charge is 0.247 e. The third-order valence-corrected chi connectivity index (χ3v) is 6.46. The fourth-order valence-corrected chi connectivity index (χ4v) is 4.38. The zero-order chi connectivity index (χ0) is 25.8. The molecular weight excluding hydrogens is 486 g/mol. The van der Waals surface area contributed by atoms with Gasteiger partial charge in [-0.3, -0.25) is 4.79 Å². The predicted octanol–water partition coefficient (Wildman–Crippen LogP) is 5.65. The Morgan fingerprint density at radius 2 is 1.68 bits per heavy atom. The number of benzene rings is 3. The first-order chi connectivity index (χ1) is 18.0. The molecule has 0 unspecified atom stereocenters. The van der Waals surface area contributed by atoms with Gasteiger partial charge in [0.1, 0.15) is 5.82 Å². The van der Waals surface area contributed by atoms with Crippen molar-refractivity contribution in [3.8, 4) is 0 Å². The van der Waals surface area contributed by atoms with Crippen LogP contribution in [0, 0.1) is 0 Å². The third kappa shape index (κ3) is 5.99. The number of fused-ring (bicyclic) bond motifs is 1. The minimum absolute atomic E-state index is 0.276. The minimum Gasteiger partial charge on any atom is -0.369 e. The van der Waals surface area contributed by atoms with Crippen LogP contribution in [-0.4, -0.2) is 54.0 Å². The lowest BCUT2D eigenvalue weighted by Gasteiger charge is -2.34. The summed E-state index contributed by atoms with van der Waals surface area (Å²) in [6, 6.07) is 21.2. The highest BCUT2D eigenvalue weighted by Gasteiger charge is 2.15. The van der Waals surface area contributed by atoms with E-state index in [9.17, 15) is 4.79 Å². The van der Waals surface area contributed by atoms with Crippen molar-refractivity contribution in [1.29, 1.82) is 0 Å². The number of anilines is 6. The molecule has 4 aromatic rings. The number of carbonyl (C=O) groups excluding carboxylic acids is 1. The second-order valence-corrected chi connectivity index (χ2v) is 9.36. The van der Waals surface area contributed by atoms with Gasteiger partial charge in [-0.1, -0.05) is 24.2 Å². The van der Waals surface area contributed by atoms with Crippen molar-refractivity contribution in [2.45, 2.75) is 0 Å². The Hall–Kier alpha value is -4.14. The molecule has 9 heteroatoms. The van der Waals surface area contributed by atoms with Gasteiger partial charge < -0.3 is 25.8 Å². The zero-order valence-electron chi connectivity index (χ0n) is 20.5. The van der Waals surface area contributed by atoms with E-state index in [1.807, 2.05) is 42.5 Å². The van der Waals surface area contributed by atoms with Gasteiger partial charge in [0.15, 0.2) is 0 Å². The molecular formula is C28H28ClN7O. The summed E-state index contributed by atoms with van der Waals surface area (Å²) < 4.78 is 0. The number of amides is 1. The number of carbonyl (C=O) groups is 1. The molecule has 37 heavy (non-hydrogen) atoms. The number of rotatable bonds is 7. The van der Waals surface area contributed by atoms with Crippen LogP contribution in [0.1, 0.15) is 0 Å². The van der Waals surface area contributed by atoms with Gasteiger partial charge in [-0.05, 0) is 73.8 Å². The summed E-state index contributed by atoms with van der Waals surface area (Å²) in [5, 5.41) is 10.8. The SMILES string of the molecule is C=CC(=O)Nc1cccc(Nc2nc(Nc3ccc(N4CCN(C)CC4)cc3)nc3ccc(Cl)cc23)c1. The molecule has 1 fully saturated rings. The second-order valence-electron chi connectivity index (χ2n) is 8.92. The highest BCUT2D eigenvalue weighted by Crippen LogP contribution is 2.30. The number of halogens is 1. The number of hydrogen-bond acceptors (Lipinski definition) is 7. The number of nitrogens with zero attached hydrogens (tertiary/aromatic N) is 4. The van der Waals surface area contributed by atoms with Gasteiger partial charge in [0.25, 0.3) is 0 Å². The van der Waals surface area contributed by atoms with Crippen molar-refractivity contribution in [2.75, 3.05) is 54.1 Å². The van der Waals surface area contributed by atoms with Gasteiger partial charge in [-0.2, -0.15) is 4.98 Å². The highest BCUT2D eigenvalue weighted by molar-refractivity contribution is 6.31. The number of nitrogens with one attached hydrogen (secondary N) is 3. The Labute approximate surface area is 221 Å². The van der Waals surface area contributed by atoms with Crippen LogP contribution >= 0.6 is 11.6 Å². The Morgan fingerprint density at radius 1 is 0.919 bits per heavy atom. The average molecular weight is 514 g/mol. The van der Waals surface area contributed by atoms with E-state index in [1.54, 1.807) is 12.1 Å². The first-order valence-corrected chi connectivity index (χ1v) is 12.4. The van der Waals surface area contributed by atoms with Gasteiger partial charge in [0.05, 0.1) is 5.52 Å². The summed E-state index contributed by atoms with van der Waals surface area (Å²) in [5.41, 5.74) is 4.24. The van der Waals surface area contributed by atoms with E-state index in [1.165, 1.54) is 11.8 Å². The van der Waals surface area contributed by atoms with Crippen LogP contribution in [-0.2, 0) is 4.79 Å². The van der Waals surface area contributed by atoms with E-state index in [2.05, 4.69) is 51.5 Å². The molecule has 1 aromatic heterocycles. The number of piperazine rings is 1. The summed E-state index contributed by atoms with van der Waals surface area (Å²) in [7, 11) is 2.16. The lowest BCUT2D eigenvalue weighted by Crippen LogP contribution is -2.44. The van der Waals surface area contributed by atoms with E-state index >= 15 is 0 Å². The number of hydrogen-bond donors (Lipinski definition) is 3. The molecule has 1 aliphatic rings. The van der Waals surface area contributed by atoms with Crippen molar-refractivity contribution in [3.63, 3.8) is 0 Å². The lowest BCUT2D eigenvalue weighted by atomic mass is 10.2. The van der Waals surface area contributed by atoms with Crippen LogP contribution in [0.3, 0.4) is 0 Å². The van der Waals surface area contributed by atoms with Gasteiger partial charge in [0.2, 0.25) is 11.9 Å². The standard InChI is InChI=1S/C28H28ClN7O/c1-3-26(37)30-21-5-4-6-22(18-21)31-27-24-17-19(29)7-12-25(24)33-28(34-27)32-20-8-10-23(11-9-20)36-15-13-35(2)14-16-36/h3-12,17-18H,1,13-16H2,2H3,(H,30,37)(H2,31,32,33,34). The van der Waals surface area contributed by atoms with Crippen molar-refractivity contribution >= 4 is 62.9 Å². The minimum atomic E-state index is -0.276. The fourth-order valence-electron chi connectivity index (χ4n) is 4.21. The predicted molar refractivity (Wildman–Crippen MR) is 153 cm³/mol. The van der Waals surface area contributed by atoms with Crippen molar-refractivity contribution in [2.24, 2.45) is 0 Å². The highest BCUT2D eigenvalue weighted by atomic mass is 35.5. The normalized spacial score (nSPS) is 13.8. The van der Waals surface area contributed by atoms with Gasteiger partial charge in [-0.25, -0.2) is 4.98 Å². The number of likely N-dealkylation sites (N-methyl/N-ethyl adjacent to an activating group) is 1.